The Hall–Kier alpha value is -1.87. The molecule has 0 heterocycles. The van der Waals surface area contributed by atoms with Crippen molar-refractivity contribution in [2.45, 2.75) is 59.5 Å². The minimum absolute atomic E-state index is 1.22. The van der Waals surface area contributed by atoms with Crippen molar-refractivity contribution in [2.75, 3.05) is 0 Å². The van der Waals surface area contributed by atoms with Crippen molar-refractivity contribution in [2.24, 2.45) is 0 Å². The molecule has 0 amide bonds. The van der Waals surface area contributed by atoms with Gasteiger partial charge in [-0.1, -0.05) is 0 Å². The highest BCUT2D eigenvalue weighted by atomic mass is 19.4. The largest absolute Gasteiger partial charge is 0.460 e. The molecule has 0 N–H and O–H groups in total. The Kier molecular flexibility index (Phi) is 7.64. The van der Waals surface area contributed by atoms with Crippen LogP contribution in [0.5, 0.6) is 0 Å². The third-order valence-electron chi connectivity index (χ3n) is 3.87. The van der Waals surface area contributed by atoms with Gasteiger partial charge in [-0.05, 0) is 0 Å². The summed E-state index contributed by atoms with van der Waals surface area (Å²) in [5.74, 6) is -84.5. The fraction of sp³-hybridized carbons (Fsp3) is 0.833. The normalized spacial score (nSPS) is 17.2. The summed E-state index contributed by atoms with van der Waals surface area (Å²) in [6.45, 7) is 0. The Morgan fingerprint density at radius 3 is 0.743 bits per heavy atom. The Bertz CT molecular complexity index is 809. The van der Waals surface area contributed by atoms with Gasteiger partial charge >= 0.3 is 59.5 Å². The Balaban J connectivity index is 7.15. The molecule has 1 radical (unpaired) electrons. The first-order valence-electron chi connectivity index (χ1n) is 7.10. The maximum absolute atomic E-state index is 13.3. The zero-order valence-corrected chi connectivity index (χ0v) is 14.7. The summed E-state index contributed by atoms with van der Waals surface area (Å²) >= 11 is 0. The number of rotatable bonds is 9. The van der Waals surface area contributed by atoms with Crippen LogP contribution in [0.1, 0.15) is 0 Å². The maximum Gasteiger partial charge on any atom is 0.460 e. The van der Waals surface area contributed by atoms with E-state index in [0.29, 0.717) is 0 Å². The number of allylic oxidation sites excluding steroid dienone is 1. The minimum Gasteiger partial charge on any atom is -0.201 e. The summed E-state index contributed by atoms with van der Waals surface area (Å²) in [5.41, 5.74) is 0. The lowest BCUT2D eigenvalue weighted by molar-refractivity contribution is -0.473. The monoisotopic (exact) mass is 581 g/mol. The van der Waals surface area contributed by atoms with Crippen LogP contribution < -0.4 is 0 Å². The molecule has 0 spiro atoms. The van der Waals surface area contributed by atoms with E-state index in [0.717, 1.165) is 0 Å². The summed E-state index contributed by atoms with van der Waals surface area (Å²) in [7, 11) is 0. The van der Waals surface area contributed by atoms with Gasteiger partial charge in [-0.2, -0.15) is 92.2 Å². The number of hydrogen-bond acceptors (Lipinski definition) is 0. The van der Waals surface area contributed by atoms with Crippen molar-refractivity contribution >= 4 is 0 Å². The molecular formula is C12F23. The van der Waals surface area contributed by atoms with Crippen molar-refractivity contribution in [3.05, 3.63) is 12.2 Å². The molecule has 0 nitrogen and oxygen atoms in total. The number of hydrogen-bond donors (Lipinski definition) is 0. The predicted molar refractivity (Wildman–Crippen MR) is 59.5 cm³/mol. The van der Waals surface area contributed by atoms with Crippen LogP contribution in [0.2, 0.25) is 0 Å². The van der Waals surface area contributed by atoms with E-state index in [1.807, 2.05) is 0 Å². The first kappa shape index (κ1) is 33.1. The lowest BCUT2D eigenvalue weighted by Crippen LogP contribution is -2.76. The smallest absolute Gasteiger partial charge is 0.201 e. The molecular weight excluding hydrogens is 581 g/mol. The minimum atomic E-state index is -9.34. The molecule has 35 heavy (non-hydrogen) atoms. The molecule has 0 saturated carbocycles. The molecule has 209 valence electrons. The molecule has 0 aliphatic heterocycles. The summed E-state index contributed by atoms with van der Waals surface area (Å²) < 4.78 is 294. The highest BCUT2D eigenvalue weighted by molar-refractivity contribution is 5.20. The highest BCUT2D eigenvalue weighted by Crippen LogP contribution is 2.66. The third-order valence-corrected chi connectivity index (χ3v) is 3.87. The lowest BCUT2D eigenvalue weighted by atomic mass is 9.86. The van der Waals surface area contributed by atoms with Gasteiger partial charge in [-0.15, -0.1) is 0 Å². The van der Waals surface area contributed by atoms with E-state index >= 15 is 0 Å². The molecule has 0 aromatic rings. The van der Waals surface area contributed by atoms with Crippen LogP contribution in [0.3, 0.4) is 0 Å². The molecule has 0 atom stereocenters. The van der Waals surface area contributed by atoms with Gasteiger partial charge in [0.1, 0.15) is 0 Å². The third kappa shape index (κ3) is 3.84. The fourth-order valence-electron chi connectivity index (χ4n) is 1.76. The summed E-state index contributed by atoms with van der Waals surface area (Å²) in [5, 5.41) is 0. The van der Waals surface area contributed by atoms with E-state index < -0.39 is 71.6 Å². The van der Waals surface area contributed by atoms with Crippen molar-refractivity contribution in [3.8, 4) is 0 Å². The standard InChI is InChI=1S/C12F23/c13-1-2(14)3(15,16)4(17,18)5(19,20)6(21,22)7(23,24)8(25,26)9(27,28)10(29,30)11(31,32)12(33,34)35. The maximum atomic E-state index is 13.3. The van der Waals surface area contributed by atoms with E-state index in [9.17, 15) is 101 Å². The molecule has 0 aromatic heterocycles. The molecule has 0 aliphatic carbocycles. The lowest BCUT2D eigenvalue weighted by Gasteiger charge is -2.44. The predicted octanol–water partition coefficient (Wildman–Crippen LogP) is 7.85. The Morgan fingerprint density at radius 1 is 0.343 bits per heavy atom. The van der Waals surface area contributed by atoms with E-state index in [2.05, 4.69) is 0 Å². The van der Waals surface area contributed by atoms with Crippen LogP contribution >= 0.6 is 0 Å². The van der Waals surface area contributed by atoms with Gasteiger partial charge in [0.2, 0.25) is 5.83 Å². The second-order valence-corrected chi connectivity index (χ2v) is 6.08. The topological polar surface area (TPSA) is 0 Å². The quantitative estimate of drug-likeness (QED) is 0.244. The van der Waals surface area contributed by atoms with Crippen molar-refractivity contribution in [3.63, 3.8) is 0 Å². The molecule has 23 heteroatoms. The van der Waals surface area contributed by atoms with Crippen molar-refractivity contribution in [1.29, 1.82) is 0 Å². The first-order valence-corrected chi connectivity index (χ1v) is 7.10. The second-order valence-electron chi connectivity index (χ2n) is 6.08. The zero-order chi connectivity index (χ0) is 29.3. The average molecular weight is 581 g/mol. The molecule has 0 aliphatic rings. The van der Waals surface area contributed by atoms with Crippen LogP contribution in [0.25, 0.3) is 0 Å². The van der Waals surface area contributed by atoms with Crippen molar-refractivity contribution in [1.82, 2.24) is 0 Å². The molecule has 0 fully saturated rings. The van der Waals surface area contributed by atoms with Gasteiger partial charge < -0.3 is 0 Å². The van der Waals surface area contributed by atoms with Gasteiger partial charge in [0.05, 0.1) is 0 Å². The van der Waals surface area contributed by atoms with Crippen LogP contribution in [-0.2, 0) is 0 Å². The van der Waals surface area contributed by atoms with Gasteiger partial charge in [0.25, 0.3) is 0 Å². The van der Waals surface area contributed by atoms with Gasteiger partial charge in [0, 0.05) is 0 Å². The van der Waals surface area contributed by atoms with Gasteiger partial charge in [0.15, 0.2) is 6.33 Å². The van der Waals surface area contributed by atoms with E-state index in [4.69, 9.17) is 0 Å². The second kappa shape index (κ2) is 8.07. The van der Waals surface area contributed by atoms with Gasteiger partial charge in [-0.25, -0.2) is 8.78 Å². The zero-order valence-electron chi connectivity index (χ0n) is 14.7. The number of alkyl halides is 21. The average Bonchev–Trinajstić information content (AvgIpc) is 2.64. The molecule has 0 bridgehead atoms. The van der Waals surface area contributed by atoms with Crippen LogP contribution in [-0.4, -0.2) is 59.5 Å². The molecule has 0 unspecified atom stereocenters. The van der Waals surface area contributed by atoms with E-state index in [-0.39, 0.29) is 0 Å². The summed E-state index contributed by atoms with van der Waals surface area (Å²) in [6.07, 6.45) is -9.29. The van der Waals surface area contributed by atoms with Crippen molar-refractivity contribution < 1.29 is 101 Å². The highest BCUT2D eigenvalue weighted by Gasteiger charge is 2.98. The summed E-state index contributed by atoms with van der Waals surface area (Å²) in [6, 6.07) is 0. The van der Waals surface area contributed by atoms with Gasteiger partial charge in [-0.3, -0.25) is 0 Å². The molecule has 0 saturated heterocycles. The van der Waals surface area contributed by atoms with Crippen LogP contribution in [0.4, 0.5) is 101 Å². The SMILES string of the molecule is F/[C]=C(\F)C(F)(F)C(F)(F)C(F)(F)C(F)(F)C(F)(F)C(F)(F)C(F)(F)C(F)(F)C(F)(F)C(F)(F)F. The molecule has 0 aromatic carbocycles. The van der Waals surface area contributed by atoms with E-state index in [1.54, 1.807) is 0 Å². The van der Waals surface area contributed by atoms with Crippen LogP contribution in [0.15, 0.2) is 5.83 Å². The molecule has 0 rings (SSSR count). The Morgan fingerprint density at radius 2 is 0.543 bits per heavy atom. The fourth-order valence-corrected chi connectivity index (χ4v) is 1.76. The summed E-state index contributed by atoms with van der Waals surface area (Å²) in [4.78, 5) is 0. The Labute approximate surface area is 174 Å². The number of halogens is 23. The van der Waals surface area contributed by atoms with Crippen LogP contribution in [0, 0.1) is 6.33 Å². The van der Waals surface area contributed by atoms with E-state index in [1.165, 1.54) is 0 Å². The first-order chi connectivity index (χ1) is 14.7.